The van der Waals surface area contributed by atoms with Crippen molar-refractivity contribution in [3.63, 3.8) is 0 Å². The molecule has 1 aromatic carbocycles. The second-order valence-electron chi connectivity index (χ2n) is 6.08. The molecule has 0 saturated carbocycles. The summed E-state index contributed by atoms with van der Waals surface area (Å²) in [6.07, 6.45) is 4.31. The van der Waals surface area contributed by atoms with Crippen LogP contribution in [0.15, 0.2) is 23.2 Å². The lowest BCUT2D eigenvalue weighted by Crippen LogP contribution is -2.39. The predicted molar refractivity (Wildman–Crippen MR) is 94.3 cm³/mol. The Morgan fingerprint density at radius 2 is 1.96 bits per heavy atom. The molecule has 1 aliphatic heterocycles. The standard InChI is InChI=1S/C18H28F2N4/c1-2-21-18(23-10-13-24-11-4-3-5-12-24)22-9-8-15-14-16(19)6-7-17(15)20/h6-7,14H,2-5,8-13H2,1H3,(H2,21,22,23). The summed E-state index contributed by atoms with van der Waals surface area (Å²) in [6, 6.07) is 3.55. The average Bonchev–Trinajstić information content (AvgIpc) is 2.59. The maximum absolute atomic E-state index is 13.6. The second kappa shape index (κ2) is 10.2. The van der Waals surface area contributed by atoms with Gasteiger partial charge in [-0.25, -0.2) is 8.78 Å². The maximum Gasteiger partial charge on any atom is 0.191 e. The molecule has 0 bridgehead atoms. The summed E-state index contributed by atoms with van der Waals surface area (Å²) in [5.41, 5.74) is 0.381. The molecule has 0 atom stereocenters. The summed E-state index contributed by atoms with van der Waals surface area (Å²) in [5.74, 6) is -0.0509. The Balaban J connectivity index is 1.77. The van der Waals surface area contributed by atoms with Gasteiger partial charge in [0.1, 0.15) is 11.6 Å². The number of guanidine groups is 1. The van der Waals surface area contributed by atoms with Gasteiger partial charge in [0.05, 0.1) is 6.54 Å². The second-order valence-corrected chi connectivity index (χ2v) is 6.08. The number of aliphatic imine (C=N–C) groups is 1. The van der Waals surface area contributed by atoms with Gasteiger partial charge in [-0.05, 0) is 63.0 Å². The van der Waals surface area contributed by atoms with Crippen molar-refractivity contribution in [1.82, 2.24) is 15.5 Å². The third kappa shape index (κ3) is 6.43. The van der Waals surface area contributed by atoms with Gasteiger partial charge >= 0.3 is 0 Å². The zero-order valence-corrected chi connectivity index (χ0v) is 14.5. The number of benzene rings is 1. The van der Waals surface area contributed by atoms with Crippen molar-refractivity contribution in [3.8, 4) is 0 Å². The molecule has 0 spiro atoms. The molecule has 1 fully saturated rings. The van der Waals surface area contributed by atoms with Gasteiger partial charge in [-0.1, -0.05) is 6.42 Å². The van der Waals surface area contributed by atoms with Crippen molar-refractivity contribution in [2.24, 2.45) is 4.99 Å². The first-order valence-corrected chi connectivity index (χ1v) is 8.87. The number of piperidine rings is 1. The minimum Gasteiger partial charge on any atom is -0.357 e. The summed E-state index contributed by atoms with van der Waals surface area (Å²) >= 11 is 0. The average molecular weight is 338 g/mol. The number of rotatable bonds is 7. The topological polar surface area (TPSA) is 39.7 Å². The third-order valence-electron chi connectivity index (χ3n) is 4.17. The highest BCUT2D eigenvalue weighted by molar-refractivity contribution is 5.79. The van der Waals surface area contributed by atoms with Crippen molar-refractivity contribution >= 4 is 5.96 Å². The van der Waals surface area contributed by atoms with Gasteiger partial charge in [0.15, 0.2) is 5.96 Å². The highest BCUT2D eigenvalue weighted by Gasteiger charge is 2.09. The Morgan fingerprint density at radius 1 is 1.17 bits per heavy atom. The Hall–Kier alpha value is -1.69. The van der Waals surface area contributed by atoms with Crippen molar-refractivity contribution in [3.05, 3.63) is 35.4 Å². The molecule has 2 rings (SSSR count). The van der Waals surface area contributed by atoms with Crippen LogP contribution in [0.5, 0.6) is 0 Å². The van der Waals surface area contributed by atoms with Crippen LogP contribution < -0.4 is 10.6 Å². The molecule has 0 radical (unpaired) electrons. The zero-order chi connectivity index (χ0) is 17.2. The van der Waals surface area contributed by atoms with Crippen LogP contribution in [0.3, 0.4) is 0 Å². The van der Waals surface area contributed by atoms with Crippen LogP contribution in [0.4, 0.5) is 8.78 Å². The molecule has 6 heteroatoms. The van der Waals surface area contributed by atoms with E-state index in [0.29, 0.717) is 18.5 Å². The van der Waals surface area contributed by atoms with Gasteiger partial charge in [0.2, 0.25) is 0 Å². The van der Waals surface area contributed by atoms with E-state index in [-0.39, 0.29) is 5.82 Å². The van der Waals surface area contributed by atoms with Crippen LogP contribution in [-0.4, -0.2) is 50.1 Å². The highest BCUT2D eigenvalue weighted by Crippen LogP contribution is 2.10. The number of hydrogen-bond donors (Lipinski definition) is 2. The summed E-state index contributed by atoms with van der Waals surface area (Å²) < 4.78 is 26.8. The highest BCUT2D eigenvalue weighted by atomic mass is 19.1. The SMILES string of the molecule is CCNC(=NCCN1CCCCC1)NCCc1cc(F)ccc1F. The van der Waals surface area contributed by atoms with E-state index in [1.807, 2.05) is 6.92 Å². The van der Waals surface area contributed by atoms with Gasteiger partial charge in [-0.3, -0.25) is 4.99 Å². The van der Waals surface area contributed by atoms with Crippen LogP contribution in [0.1, 0.15) is 31.7 Å². The molecular weight excluding hydrogens is 310 g/mol. The molecule has 1 heterocycles. The monoisotopic (exact) mass is 338 g/mol. The van der Waals surface area contributed by atoms with Crippen LogP contribution in [0.2, 0.25) is 0 Å². The summed E-state index contributed by atoms with van der Waals surface area (Å²) in [4.78, 5) is 7.01. The molecule has 0 amide bonds. The van der Waals surface area contributed by atoms with Crippen LogP contribution in [0, 0.1) is 11.6 Å². The molecule has 134 valence electrons. The van der Waals surface area contributed by atoms with Crippen LogP contribution in [-0.2, 0) is 6.42 Å². The quantitative estimate of drug-likeness (QED) is 0.593. The van der Waals surface area contributed by atoms with Crippen LogP contribution >= 0.6 is 0 Å². The first-order valence-electron chi connectivity index (χ1n) is 8.87. The molecular formula is C18H28F2N4. The summed E-state index contributed by atoms with van der Waals surface area (Å²) in [6.45, 7) is 7.32. The van der Waals surface area contributed by atoms with E-state index in [1.54, 1.807) is 0 Å². The lowest BCUT2D eigenvalue weighted by atomic mass is 10.1. The van der Waals surface area contributed by atoms with E-state index in [0.717, 1.165) is 31.7 Å². The third-order valence-corrected chi connectivity index (χ3v) is 4.17. The van der Waals surface area contributed by atoms with E-state index in [2.05, 4.69) is 20.5 Å². The first-order chi connectivity index (χ1) is 11.7. The Kier molecular flexibility index (Phi) is 7.95. The smallest absolute Gasteiger partial charge is 0.191 e. The van der Waals surface area contributed by atoms with E-state index in [4.69, 9.17) is 0 Å². The molecule has 24 heavy (non-hydrogen) atoms. The van der Waals surface area contributed by atoms with E-state index < -0.39 is 5.82 Å². The molecule has 1 aliphatic rings. The minimum atomic E-state index is -0.409. The fourth-order valence-electron chi connectivity index (χ4n) is 2.88. The Morgan fingerprint density at radius 3 is 2.71 bits per heavy atom. The number of nitrogens with one attached hydrogen (secondary N) is 2. The Labute approximate surface area is 143 Å². The van der Waals surface area contributed by atoms with Crippen molar-refractivity contribution in [2.45, 2.75) is 32.6 Å². The van der Waals surface area contributed by atoms with Crippen molar-refractivity contribution < 1.29 is 8.78 Å². The molecule has 1 aromatic rings. The van der Waals surface area contributed by atoms with Gasteiger partial charge < -0.3 is 15.5 Å². The first kappa shape index (κ1) is 18.6. The summed E-state index contributed by atoms with van der Waals surface area (Å²) in [5, 5.41) is 6.37. The van der Waals surface area contributed by atoms with E-state index in [1.165, 1.54) is 44.5 Å². The van der Waals surface area contributed by atoms with Gasteiger partial charge in [-0.15, -0.1) is 0 Å². The van der Waals surface area contributed by atoms with Crippen molar-refractivity contribution in [2.75, 3.05) is 39.3 Å². The molecule has 0 aliphatic carbocycles. The predicted octanol–water partition coefficient (Wildman–Crippen LogP) is 2.55. The molecule has 0 unspecified atom stereocenters. The fraction of sp³-hybridized carbons (Fsp3) is 0.611. The van der Waals surface area contributed by atoms with Gasteiger partial charge in [0.25, 0.3) is 0 Å². The van der Waals surface area contributed by atoms with Gasteiger partial charge in [-0.2, -0.15) is 0 Å². The summed E-state index contributed by atoms with van der Waals surface area (Å²) in [7, 11) is 0. The molecule has 0 aromatic heterocycles. The van der Waals surface area contributed by atoms with Gasteiger partial charge in [0, 0.05) is 19.6 Å². The van der Waals surface area contributed by atoms with E-state index in [9.17, 15) is 8.78 Å². The lowest BCUT2D eigenvalue weighted by Gasteiger charge is -2.25. The number of halogens is 2. The van der Waals surface area contributed by atoms with Crippen molar-refractivity contribution in [1.29, 1.82) is 0 Å². The number of likely N-dealkylation sites (tertiary alicyclic amines) is 1. The normalized spacial score (nSPS) is 16.2. The van der Waals surface area contributed by atoms with Crippen LogP contribution in [0.25, 0.3) is 0 Å². The minimum absolute atomic E-state index is 0.370. The zero-order valence-electron chi connectivity index (χ0n) is 14.5. The van der Waals surface area contributed by atoms with E-state index >= 15 is 0 Å². The lowest BCUT2D eigenvalue weighted by molar-refractivity contribution is 0.235. The number of nitrogens with zero attached hydrogens (tertiary/aromatic N) is 2. The largest absolute Gasteiger partial charge is 0.357 e. The Bertz CT molecular complexity index is 528. The molecule has 1 saturated heterocycles. The number of hydrogen-bond acceptors (Lipinski definition) is 2. The molecule has 2 N–H and O–H groups in total. The maximum atomic E-state index is 13.6. The molecule has 4 nitrogen and oxygen atoms in total. The fourth-order valence-corrected chi connectivity index (χ4v) is 2.88.